The molecule has 31 heavy (non-hydrogen) atoms. The zero-order valence-electron chi connectivity index (χ0n) is 17.2. The van der Waals surface area contributed by atoms with Gasteiger partial charge in [-0.3, -0.25) is 9.12 Å². The largest absolute Gasteiger partial charge is 0.487 e. The third kappa shape index (κ3) is 7.44. The SMILES string of the molecule is CNC(=O)n1ccc2cc(Oc3ccnc(N)c3)c(OCCOC)cc21.CS(=O)(=O)O. The van der Waals surface area contributed by atoms with E-state index in [1.165, 1.54) is 4.57 Å². The molecule has 0 saturated carbocycles. The van der Waals surface area contributed by atoms with Crippen molar-refractivity contribution in [1.82, 2.24) is 14.9 Å². The number of carbonyl (C=O) groups is 1. The number of rotatable bonds is 6. The van der Waals surface area contributed by atoms with Crippen LogP contribution in [0, 0.1) is 0 Å². The Labute approximate surface area is 179 Å². The maximum absolute atomic E-state index is 12.0. The molecule has 0 radical (unpaired) electrons. The lowest BCUT2D eigenvalue weighted by molar-refractivity contribution is 0.145. The molecule has 3 aromatic rings. The summed E-state index contributed by atoms with van der Waals surface area (Å²) in [5.41, 5.74) is 6.41. The molecule has 11 nitrogen and oxygen atoms in total. The van der Waals surface area contributed by atoms with Crippen molar-refractivity contribution in [3.63, 3.8) is 0 Å². The fourth-order valence-electron chi connectivity index (χ4n) is 2.49. The molecule has 1 amide bonds. The van der Waals surface area contributed by atoms with Crippen LogP contribution in [0.2, 0.25) is 0 Å². The van der Waals surface area contributed by atoms with Crippen LogP contribution in [-0.4, -0.2) is 62.2 Å². The van der Waals surface area contributed by atoms with Gasteiger partial charge in [0.1, 0.15) is 18.2 Å². The molecule has 3 rings (SSSR count). The lowest BCUT2D eigenvalue weighted by Gasteiger charge is -2.14. The zero-order chi connectivity index (χ0) is 23.0. The maximum Gasteiger partial charge on any atom is 0.325 e. The van der Waals surface area contributed by atoms with Crippen LogP contribution in [0.3, 0.4) is 0 Å². The number of aromatic nitrogens is 2. The van der Waals surface area contributed by atoms with Crippen molar-refractivity contribution >= 4 is 32.9 Å². The summed E-state index contributed by atoms with van der Waals surface area (Å²) in [4.78, 5) is 16.0. The molecule has 4 N–H and O–H groups in total. The monoisotopic (exact) mass is 452 g/mol. The summed E-state index contributed by atoms with van der Waals surface area (Å²) in [6.07, 6.45) is 3.97. The predicted octanol–water partition coefficient (Wildman–Crippen LogP) is 2.13. The minimum absolute atomic E-state index is 0.238. The van der Waals surface area contributed by atoms with E-state index in [1.54, 1.807) is 44.8 Å². The van der Waals surface area contributed by atoms with Crippen LogP contribution in [0.15, 0.2) is 42.7 Å². The van der Waals surface area contributed by atoms with Crippen molar-refractivity contribution in [2.75, 3.05) is 39.4 Å². The van der Waals surface area contributed by atoms with Gasteiger partial charge in [-0.15, -0.1) is 0 Å². The van der Waals surface area contributed by atoms with E-state index >= 15 is 0 Å². The summed E-state index contributed by atoms with van der Waals surface area (Å²) >= 11 is 0. The molecule has 1 aromatic carbocycles. The molecule has 2 heterocycles. The summed E-state index contributed by atoms with van der Waals surface area (Å²) in [7, 11) is -0.490. The van der Waals surface area contributed by atoms with E-state index in [0.29, 0.717) is 48.1 Å². The Kier molecular flexibility index (Phi) is 8.19. The fraction of sp³-hybridized carbons (Fsp3) is 0.263. The van der Waals surface area contributed by atoms with E-state index < -0.39 is 10.1 Å². The van der Waals surface area contributed by atoms with Crippen molar-refractivity contribution in [2.24, 2.45) is 0 Å². The third-order valence-electron chi connectivity index (χ3n) is 3.71. The number of hydrogen-bond donors (Lipinski definition) is 3. The number of fused-ring (bicyclic) bond motifs is 1. The second-order valence-corrected chi connectivity index (χ2v) is 7.66. The van der Waals surface area contributed by atoms with Gasteiger partial charge in [-0.2, -0.15) is 8.42 Å². The first kappa shape index (κ1) is 23.9. The number of carbonyl (C=O) groups excluding carboxylic acids is 1. The van der Waals surface area contributed by atoms with Crippen LogP contribution >= 0.6 is 0 Å². The lowest BCUT2D eigenvalue weighted by atomic mass is 10.2. The van der Waals surface area contributed by atoms with Crippen molar-refractivity contribution in [1.29, 1.82) is 0 Å². The first-order chi connectivity index (χ1) is 14.6. The second-order valence-electron chi connectivity index (χ2n) is 6.19. The molecule has 0 fully saturated rings. The normalized spacial score (nSPS) is 10.8. The molecule has 12 heteroatoms. The van der Waals surface area contributed by atoms with Crippen molar-refractivity contribution in [2.45, 2.75) is 0 Å². The van der Waals surface area contributed by atoms with Gasteiger partial charge >= 0.3 is 6.03 Å². The quantitative estimate of drug-likeness (QED) is 0.377. The summed E-state index contributed by atoms with van der Waals surface area (Å²) in [6.45, 7) is 0.772. The van der Waals surface area contributed by atoms with E-state index in [9.17, 15) is 13.2 Å². The average molecular weight is 452 g/mol. The van der Waals surface area contributed by atoms with Gasteiger partial charge in [0.25, 0.3) is 10.1 Å². The number of nitrogens with two attached hydrogens (primary N) is 1. The van der Waals surface area contributed by atoms with Gasteiger partial charge < -0.3 is 25.3 Å². The van der Waals surface area contributed by atoms with Crippen LogP contribution in [0.25, 0.3) is 10.9 Å². The van der Waals surface area contributed by atoms with Gasteiger partial charge in [0.05, 0.1) is 18.4 Å². The standard InChI is InChI=1S/C18H20N4O4.CH4O3S/c1-20-18(23)22-6-4-12-9-16(26-13-3-5-21-17(19)10-13)15(11-14(12)22)25-8-7-24-2;1-5(2,3)4/h3-6,9-11H,7-8H2,1-2H3,(H2,19,21)(H,20,23);1H3,(H,2,3,4). The van der Waals surface area contributed by atoms with Crippen LogP contribution < -0.4 is 20.5 Å². The number of nitrogen functional groups attached to an aromatic ring is 1. The second kappa shape index (κ2) is 10.6. The lowest BCUT2D eigenvalue weighted by Crippen LogP contribution is -2.23. The van der Waals surface area contributed by atoms with Crippen LogP contribution in [0.4, 0.5) is 10.6 Å². The molecular weight excluding hydrogens is 428 g/mol. The Balaban J connectivity index is 0.000000614. The highest BCUT2D eigenvalue weighted by molar-refractivity contribution is 7.85. The average Bonchev–Trinajstić information content (AvgIpc) is 3.09. The first-order valence-electron chi connectivity index (χ1n) is 8.93. The molecule has 0 unspecified atom stereocenters. The highest BCUT2D eigenvalue weighted by Gasteiger charge is 2.14. The molecule has 0 atom stereocenters. The van der Waals surface area contributed by atoms with E-state index in [2.05, 4.69) is 10.3 Å². The van der Waals surface area contributed by atoms with E-state index in [-0.39, 0.29) is 6.03 Å². The number of anilines is 1. The summed E-state index contributed by atoms with van der Waals surface area (Å²) in [6, 6.07) is 8.50. The molecule has 0 aliphatic heterocycles. The van der Waals surface area contributed by atoms with Crippen LogP contribution in [0.5, 0.6) is 17.2 Å². The van der Waals surface area contributed by atoms with Gasteiger partial charge in [-0.05, 0) is 18.2 Å². The van der Waals surface area contributed by atoms with E-state index in [0.717, 1.165) is 5.39 Å². The number of ether oxygens (including phenoxy) is 3. The van der Waals surface area contributed by atoms with Gasteiger partial charge in [0, 0.05) is 44.1 Å². The molecule has 2 aromatic heterocycles. The maximum atomic E-state index is 12.0. The van der Waals surface area contributed by atoms with Gasteiger partial charge in [-0.1, -0.05) is 0 Å². The third-order valence-corrected chi connectivity index (χ3v) is 3.71. The van der Waals surface area contributed by atoms with E-state index in [1.807, 2.05) is 12.1 Å². The Morgan fingerprint density at radius 1 is 1.23 bits per heavy atom. The van der Waals surface area contributed by atoms with Crippen molar-refractivity contribution < 1.29 is 32.0 Å². The number of pyridine rings is 1. The number of amides is 1. The first-order valence-corrected chi connectivity index (χ1v) is 10.8. The highest BCUT2D eigenvalue weighted by Crippen LogP contribution is 2.36. The number of hydrogen-bond acceptors (Lipinski definition) is 8. The molecule has 0 spiro atoms. The molecule has 0 bridgehead atoms. The minimum Gasteiger partial charge on any atom is -0.487 e. The Hall–Kier alpha value is -3.35. The Bertz CT molecular complexity index is 1140. The fourth-order valence-corrected chi connectivity index (χ4v) is 2.49. The summed E-state index contributed by atoms with van der Waals surface area (Å²) in [5.74, 6) is 1.90. The number of nitrogens with one attached hydrogen (secondary N) is 1. The molecule has 0 saturated heterocycles. The Morgan fingerprint density at radius 3 is 2.55 bits per heavy atom. The van der Waals surface area contributed by atoms with Gasteiger partial charge in [-0.25, -0.2) is 9.78 Å². The number of benzene rings is 1. The van der Waals surface area contributed by atoms with Gasteiger partial charge in [0.15, 0.2) is 11.5 Å². The van der Waals surface area contributed by atoms with Crippen molar-refractivity contribution in [3.05, 3.63) is 42.7 Å². The zero-order valence-corrected chi connectivity index (χ0v) is 18.0. The Morgan fingerprint density at radius 2 is 1.94 bits per heavy atom. The predicted molar refractivity (Wildman–Crippen MR) is 115 cm³/mol. The van der Waals surface area contributed by atoms with E-state index in [4.69, 9.17) is 24.5 Å². The number of nitrogens with zero attached hydrogens (tertiary/aromatic N) is 2. The molecule has 0 aliphatic rings. The topological polar surface area (TPSA) is 155 Å². The van der Waals surface area contributed by atoms with Gasteiger partial charge in [0.2, 0.25) is 0 Å². The summed E-state index contributed by atoms with van der Waals surface area (Å²) in [5, 5.41) is 3.44. The summed E-state index contributed by atoms with van der Waals surface area (Å²) < 4.78 is 44.1. The molecule has 0 aliphatic carbocycles. The van der Waals surface area contributed by atoms with Crippen LogP contribution in [-0.2, 0) is 14.9 Å². The molecule has 168 valence electrons. The highest BCUT2D eigenvalue weighted by atomic mass is 32.2. The number of methoxy groups -OCH3 is 1. The minimum atomic E-state index is -3.67. The van der Waals surface area contributed by atoms with Crippen molar-refractivity contribution in [3.8, 4) is 17.2 Å². The smallest absolute Gasteiger partial charge is 0.325 e. The van der Waals surface area contributed by atoms with Crippen LogP contribution in [0.1, 0.15) is 0 Å². The molecular formula is C19H24N4O7S.